The minimum Gasteiger partial charge on any atom is -0.350 e. The second kappa shape index (κ2) is 3.76. The maximum Gasteiger partial charge on any atom is 0.0345 e. The van der Waals surface area contributed by atoms with Crippen molar-refractivity contribution in [3.8, 4) is 0 Å². The number of aromatic nitrogens is 1. The van der Waals surface area contributed by atoms with Crippen LogP contribution < -0.4 is 5.73 Å². The van der Waals surface area contributed by atoms with E-state index in [2.05, 4.69) is 37.6 Å². The van der Waals surface area contributed by atoms with Crippen LogP contribution in [-0.4, -0.2) is 11.1 Å². The highest BCUT2D eigenvalue weighted by Gasteiger charge is 2.05. The molecule has 0 aromatic carbocycles. The van der Waals surface area contributed by atoms with Crippen LogP contribution in [0.5, 0.6) is 0 Å². The third kappa shape index (κ3) is 1.89. The monoisotopic (exact) mass is 166 g/mol. The van der Waals surface area contributed by atoms with Crippen LogP contribution >= 0.6 is 0 Å². The lowest BCUT2D eigenvalue weighted by Crippen LogP contribution is -2.11. The molecule has 0 aliphatic heterocycles. The first-order valence-electron chi connectivity index (χ1n) is 4.52. The summed E-state index contributed by atoms with van der Waals surface area (Å²) in [6, 6.07) is 2.24. The zero-order chi connectivity index (χ0) is 9.14. The van der Waals surface area contributed by atoms with Gasteiger partial charge in [-0.05, 0) is 24.5 Å². The fourth-order valence-electron chi connectivity index (χ4n) is 1.50. The Kier molecular flexibility index (Phi) is 2.93. The summed E-state index contributed by atoms with van der Waals surface area (Å²) in [6.07, 6.45) is 2.17. The van der Waals surface area contributed by atoms with E-state index in [-0.39, 0.29) is 0 Å². The minimum atomic E-state index is 0.588. The van der Waals surface area contributed by atoms with Gasteiger partial charge in [-0.15, -0.1) is 0 Å². The molecule has 2 heteroatoms. The smallest absolute Gasteiger partial charge is 0.0345 e. The third-order valence-electron chi connectivity index (χ3n) is 2.03. The molecule has 0 radical (unpaired) electrons. The number of aryl methyl sites for hydroxylation is 1. The van der Waals surface area contributed by atoms with Crippen LogP contribution in [0.2, 0.25) is 0 Å². The average molecular weight is 166 g/mol. The molecule has 0 saturated heterocycles. The molecule has 0 unspecified atom stereocenters. The number of nitrogens with zero attached hydrogens (tertiary/aromatic N) is 1. The molecular weight excluding hydrogens is 148 g/mol. The molecule has 0 saturated carbocycles. The molecule has 0 spiro atoms. The van der Waals surface area contributed by atoms with Crippen LogP contribution in [-0.2, 0) is 6.54 Å². The zero-order valence-corrected chi connectivity index (χ0v) is 8.17. The molecule has 0 fully saturated rings. The third-order valence-corrected chi connectivity index (χ3v) is 2.03. The molecule has 2 nitrogen and oxygen atoms in total. The van der Waals surface area contributed by atoms with Crippen molar-refractivity contribution in [2.45, 2.75) is 33.2 Å². The molecule has 0 amide bonds. The maximum absolute atomic E-state index is 5.52. The highest BCUT2D eigenvalue weighted by molar-refractivity contribution is 5.19. The number of hydrogen-bond acceptors (Lipinski definition) is 1. The first-order chi connectivity index (χ1) is 5.65. The summed E-state index contributed by atoms with van der Waals surface area (Å²) in [5.74, 6) is 0.588. The van der Waals surface area contributed by atoms with Gasteiger partial charge < -0.3 is 10.3 Å². The standard InChI is InChI=1S/C10H18N2/c1-8(2)10-6-9(3)7-12(10)5-4-11/h6-8H,4-5,11H2,1-3H3. The molecular formula is C10H18N2. The Morgan fingerprint density at radius 3 is 2.67 bits per heavy atom. The van der Waals surface area contributed by atoms with E-state index in [4.69, 9.17) is 5.73 Å². The quantitative estimate of drug-likeness (QED) is 0.730. The van der Waals surface area contributed by atoms with Crippen LogP contribution in [0.15, 0.2) is 12.3 Å². The van der Waals surface area contributed by atoms with E-state index in [9.17, 15) is 0 Å². The lowest BCUT2D eigenvalue weighted by atomic mass is 10.1. The largest absolute Gasteiger partial charge is 0.350 e. The fourth-order valence-corrected chi connectivity index (χ4v) is 1.50. The predicted octanol–water partition coefficient (Wildman–Crippen LogP) is 1.88. The van der Waals surface area contributed by atoms with E-state index in [1.807, 2.05) is 0 Å². The summed E-state index contributed by atoms with van der Waals surface area (Å²) < 4.78 is 2.25. The zero-order valence-electron chi connectivity index (χ0n) is 8.17. The lowest BCUT2D eigenvalue weighted by Gasteiger charge is -2.09. The van der Waals surface area contributed by atoms with Crippen LogP contribution in [0.4, 0.5) is 0 Å². The Balaban J connectivity index is 2.92. The Morgan fingerprint density at radius 1 is 1.50 bits per heavy atom. The van der Waals surface area contributed by atoms with Crippen LogP contribution in [0.1, 0.15) is 31.0 Å². The Labute approximate surface area is 74.4 Å². The molecule has 1 rings (SSSR count). The van der Waals surface area contributed by atoms with Gasteiger partial charge in [0, 0.05) is 25.0 Å². The SMILES string of the molecule is Cc1cc(C(C)C)n(CCN)c1. The van der Waals surface area contributed by atoms with Crippen molar-refractivity contribution in [2.75, 3.05) is 6.54 Å². The molecule has 12 heavy (non-hydrogen) atoms. The molecule has 68 valence electrons. The predicted molar refractivity (Wildman–Crippen MR) is 52.3 cm³/mol. The number of nitrogens with two attached hydrogens (primary N) is 1. The van der Waals surface area contributed by atoms with Gasteiger partial charge in [0.05, 0.1) is 0 Å². The van der Waals surface area contributed by atoms with Gasteiger partial charge in [0.15, 0.2) is 0 Å². The van der Waals surface area contributed by atoms with E-state index >= 15 is 0 Å². The van der Waals surface area contributed by atoms with Gasteiger partial charge in [-0.3, -0.25) is 0 Å². The van der Waals surface area contributed by atoms with Gasteiger partial charge >= 0.3 is 0 Å². The molecule has 0 bridgehead atoms. The van der Waals surface area contributed by atoms with E-state index in [0.717, 1.165) is 6.54 Å². The van der Waals surface area contributed by atoms with Crippen molar-refractivity contribution in [2.24, 2.45) is 5.73 Å². The van der Waals surface area contributed by atoms with Gasteiger partial charge in [0.1, 0.15) is 0 Å². The van der Waals surface area contributed by atoms with Crippen LogP contribution in [0, 0.1) is 6.92 Å². The molecule has 1 aromatic rings. The van der Waals surface area contributed by atoms with Gasteiger partial charge in [0.25, 0.3) is 0 Å². The van der Waals surface area contributed by atoms with Gasteiger partial charge in [0.2, 0.25) is 0 Å². The van der Waals surface area contributed by atoms with Gasteiger partial charge in [-0.2, -0.15) is 0 Å². The van der Waals surface area contributed by atoms with Crippen LogP contribution in [0.3, 0.4) is 0 Å². The average Bonchev–Trinajstić information content (AvgIpc) is 2.32. The van der Waals surface area contributed by atoms with Crippen molar-refractivity contribution >= 4 is 0 Å². The molecule has 0 aliphatic rings. The number of rotatable bonds is 3. The molecule has 1 heterocycles. The highest BCUT2D eigenvalue weighted by Crippen LogP contribution is 2.17. The van der Waals surface area contributed by atoms with Crippen molar-refractivity contribution in [1.82, 2.24) is 4.57 Å². The summed E-state index contributed by atoms with van der Waals surface area (Å²) in [5.41, 5.74) is 8.23. The second-order valence-corrected chi connectivity index (χ2v) is 3.58. The van der Waals surface area contributed by atoms with Crippen LogP contribution in [0.25, 0.3) is 0 Å². The van der Waals surface area contributed by atoms with Crippen molar-refractivity contribution in [3.05, 3.63) is 23.5 Å². The Bertz CT molecular complexity index is 248. The number of hydrogen-bond donors (Lipinski definition) is 1. The van der Waals surface area contributed by atoms with Crippen molar-refractivity contribution < 1.29 is 0 Å². The van der Waals surface area contributed by atoms with E-state index in [1.165, 1.54) is 11.3 Å². The van der Waals surface area contributed by atoms with Gasteiger partial charge in [-0.1, -0.05) is 13.8 Å². The second-order valence-electron chi connectivity index (χ2n) is 3.58. The molecule has 2 N–H and O–H groups in total. The van der Waals surface area contributed by atoms with E-state index in [0.29, 0.717) is 12.5 Å². The molecule has 1 aromatic heterocycles. The summed E-state index contributed by atoms with van der Waals surface area (Å²) in [7, 11) is 0. The molecule has 0 aliphatic carbocycles. The minimum absolute atomic E-state index is 0.588. The molecule has 0 atom stereocenters. The lowest BCUT2D eigenvalue weighted by molar-refractivity contribution is 0.644. The normalized spacial score (nSPS) is 11.1. The van der Waals surface area contributed by atoms with Crippen molar-refractivity contribution in [3.63, 3.8) is 0 Å². The highest BCUT2D eigenvalue weighted by atomic mass is 15.0. The summed E-state index contributed by atoms with van der Waals surface area (Å²) in [5, 5.41) is 0. The Hall–Kier alpha value is -0.760. The fraction of sp³-hybridized carbons (Fsp3) is 0.600. The van der Waals surface area contributed by atoms with Crippen molar-refractivity contribution in [1.29, 1.82) is 0 Å². The summed E-state index contributed by atoms with van der Waals surface area (Å²) >= 11 is 0. The van der Waals surface area contributed by atoms with E-state index < -0.39 is 0 Å². The summed E-state index contributed by atoms with van der Waals surface area (Å²) in [4.78, 5) is 0. The van der Waals surface area contributed by atoms with E-state index in [1.54, 1.807) is 0 Å². The summed E-state index contributed by atoms with van der Waals surface area (Å²) in [6.45, 7) is 8.19. The Morgan fingerprint density at radius 2 is 2.17 bits per heavy atom. The maximum atomic E-state index is 5.52. The first kappa shape index (κ1) is 9.33. The topological polar surface area (TPSA) is 30.9 Å². The first-order valence-corrected chi connectivity index (χ1v) is 4.52. The van der Waals surface area contributed by atoms with Gasteiger partial charge in [-0.25, -0.2) is 0 Å².